The molecule has 0 saturated carbocycles. The number of amides is 1. The number of ether oxygens (including phenoxy) is 1. The van der Waals surface area contributed by atoms with Crippen molar-refractivity contribution in [1.82, 2.24) is 4.57 Å². The molecule has 3 rings (SSSR count). The van der Waals surface area contributed by atoms with E-state index in [0.717, 1.165) is 10.2 Å². The van der Waals surface area contributed by atoms with E-state index in [1.165, 1.54) is 35.6 Å². The van der Waals surface area contributed by atoms with Crippen LogP contribution in [0.3, 0.4) is 0 Å². The van der Waals surface area contributed by atoms with Crippen molar-refractivity contribution in [2.75, 3.05) is 13.7 Å². The van der Waals surface area contributed by atoms with Crippen LogP contribution in [0.15, 0.2) is 47.5 Å². The summed E-state index contributed by atoms with van der Waals surface area (Å²) in [5, 5.41) is 0.593. The minimum absolute atomic E-state index is 0.332. The smallest absolute Gasteiger partial charge is 0.279 e. The number of carbonyl (C=O) groups is 1. The van der Waals surface area contributed by atoms with Crippen molar-refractivity contribution in [1.29, 1.82) is 0 Å². The third-order valence-electron chi connectivity index (χ3n) is 3.46. The second kappa shape index (κ2) is 7.25. The molecule has 1 amide bonds. The van der Waals surface area contributed by atoms with E-state index in [9.17, 15) is 9.18 Å². The van der Waals surface area contributed by atoms with E-state index in [4.69, 9.17) is 16.3 Å². The van der Waals surface area contributed by atoms with Crippen LogP contribution in [0, 0.1) is 5.82 Å². The summed E-state index contributed by atoms with van der Waals surface area (Å²) < 4.78 is 20.9. The summed E-state index contributed by atoms with van der Waals surface area (Å²) in [6, 6.07) is 10.9. The van der Waals surface area contributed by atoms with E-state index in [1.54, 1.807) is 13.2 Å². The molecule has 0 saturated heterocycles. The van der Waals surface area contributed by atoms with Crippen molar-refractivity contribution in [2.45, 2.75) is 6.54 Å². The van der Waals surface area contributed by atoms with Gasteiger partial charge in [-0.1, -0.05) is 29.0 Å². The van der Waals surface area contributed by atoms with E-state index >= 15 is 0 Å². The summed E-state index contributed by atoms with van der Waals surface area (Å²) >= 11 is 7.68. The second-order valence-corrected chi connectivity index (χ2v) is 6.46. The van der Waals surface area contributed by atoms with Gasteiger partial charge in [-0.15, -0.1) is 0 Å². The minimum atomic E-state index is -0.427. The highest BCUT2D eigenvalue weighted by Gasteiger charge is 2.11. The van der Waals surface area contributed by atoms with E-state index in [-0.39, 0.29) is 0 Å². The monoisotopic (exact) mass is 364 g/mol. The molecular formula is C17H14ClFN2O2S. The molecule has 0 atom stereocenters. The Bertz CT molecular complexity index is 947. The van der Waals surface area contributed by atoms with Crippen molar-refractivity contribution < 1.29 is 13.9 Å². The quantitative estimate of drug-likeness (QED) is 0.705. The third-order valence-corrected chi connectivity index (χ3v) is 4.81. The highest BCUT2D eigenvalue weighted by Crippen LogP contribution is 2.25. The predicted octanol–water partition coefficient (Wildman–Crippen LogP) is 3.88. The highest BCUT2D eigenvalue weighted by molar-refractivity contribution is 7.16. The first-order chi connectivity index (χ1) is 11.6. The number of methoxy groups -OCH3 is 1. The number of aromatic nitrogens is 1. The summed E-state index contributed by atoms with van der Waals surface area (Å²) in [6.07, 6.45) is 0. The molecule has 0 aliphatic carbocycles. The zero-order chi connectivity index (χ0) is 17.1. The van der Waals surface area contributed by atoms with Gasteiger partial charge in [0.1, 0.15) is 5.82 Å². The molecule has 0 fully saturated rings. The van der Waals surface area contributed by atoms with Crippen LogP contribution in [0.4, 0.5) is 4.39 Å². The van der Waals surface area contributed by atoms with Crippen LogP contribution in [0.1, 0.15) is 10.4 Å². The summed E-state index contributed by atoms with van der Waals surface area (Å²) in [4.78, 5) is 17.1. The van der Waals surface area contributed by atoms with Gasteiger partial charge in [-0.25, -0.2) is 4.39 Å². The Morgan fingerprint density at radius 3 is 2.75 bits per heavy atom. The van der Waals surface area contributed by atoms with E-state index in [1.807, 2.05) is 16.7 Å². The van der Waals surface area contributed by atoms with Crippen LogP contribution in [0.25, 0.3) is 10.2 Å². The lowest BCUT2D eigenvalue weighted by Gasteiger charge is -2.05. The average Bonchev–Trinajstić information content (AvgIpc) is 2.92. The van der Waals surface area contributed by atoms with Gasteiger partial charge in [-0.2, -0.15) is 4.99 Å². The zero-order valence-electron chi connectivity index (χ0n) is 12.8. The maximum absolute atomic E-state index is 13.0. The van der Waals surface area contributed by atoms with Gasteiger partial charge in [0.25, 0.3) is 5.91 Å². The number of benzene rings is 2. The number of hydrogen-bond acceptors (Lipinski definition) is 3. The maximum Gasteiger partial charge on any atom is 0.279 e. The fourth-order valence-electron chi connectivity index (χ4n) is 2.31. The standard InChI is InChI=1S/C17H14ClFN2O2S/c1-23-10-9-21-15-13(18)3-2-4-14(15)24-17(21)20-16(22)11-5-7-12(19)8-6-11/h2-8H,9-10H2,1H3. The fourth-order valence-corrected chi connectivity index (χ4v) is 3.72. The van der Waals surface area contributed by atoms with Crippen molar-refractivity contribution in [3.05, 3.63) is 63.7 Å². The Kier molecular flexibility index (Phi) is 5.08. The summed E-state index contributed by atoms with van der Waals surface area (Å²) in [5.74, 6) is -0.820. The first-order valence-corrected chi connectivity index (χ1v) is 8.41. The molecule has 7 heteroatoms. The van der Waals surface area contributed by atoms with Crippen LogP contribution in [0.2, 0.25) is 5.02 Å². The lowest BCUT2D eigenvalue weighted by Crippen LogP contribution is -2.19. The Hall–Kier alpha value is -2.02. The molecule has 0 N–H and O–H groups in total. The van der Waals surface area contributed by atoms with E-state index < -0.39 is 11.7 Å². The van der Waals surface area contributed by atoms with Gasteiger partial charge in [0.05, 0.1) is 21.8 Å². The SMILES string of the molecule is COCCn1c(=NC(=O)c2ccc(F)cc2)sc2cccc(Cl)c21. The van der Waals surface area contributed by atoms with Crippen LogP contribution >= 0.6 is 22.9 Å². The van der Waals surface area contributed by atoms with Gasteiger partial charge in [-0.3, -0.25) is 4.79 Å². The molecule has 3 aromatic rings. The molecule has 0 spiro atoms. The maximum atomic E-state index is 13.0. The predicted molar refractivity (Wildman–Crippen MR) is 93.0 cm³/mol. The second-order valence-electron chi connectivity index (χ2n) is 5.04. The average molecular weight is 365 g/mol. The van der Waals surface area contributed by atoms with Gasteiger partial charge in [0.15, 0.2) is 4.80 Å². The third kappa shape index (κ3) is 3.40. The molecule has 2 aromatic carbocycles. The first-order valence-electron chi connectivity index (χ1n) is 7.21. The van der Waals surface area contributed by atoms with Gasteiger partial charge >= 0.3 is 0 Å². The van der Waals surface area contributed by atoms with Crippen LogP contribution in [-0.4, -0.2) is 24.2 Å². The topological polar surface area (TPSA) is 43.6 Å². The summed E-state index contributed by atoms with van der Waals surface area (Å²) in [6.45, 7) is 0.991. The van der Waals surface area contributed by atoms with Gasteiger partial charge in [0.2, 0.25) is 0 Å². The van der Waals surface area contributed by atoms with Crippen molar-refractivity contribution in [2.24, 2.45) is 4.99 Å². The van der Waals surface area contributed by atoms with Crippen LogP contribution < -0.4 is 4.80 Å². The zero-order valence-corrected chi connectivity index (χ0v) is 14.4. The number of halogens is 2. The highest BCUT2D eigenvalue weighted by atomic mass is 35.5. The van der Waals surface area contributed by atoms with Gasteiger partial charge in [0, 0.05) is 19.2 Å². The molecule has 4 nitrogen and oxygen atoms in total. The number of nitrogens with zero attached hydrogens (tertiary/aromatic N) is 2. The lowest BCUT2D eigenvalue weighted by atomic mass is 10.2. The molecule has 124 valence electrons. The molecule has 24 heavy (non-hydrogen) atoms. The summed E-state index contributed by atoms with van der Waals surface area (Å²) in [7, 11) is 1.61. The van der Waals surface area contributed by atoms with Crippen molar-refractivity contribution in [3.8, 4) is 0 Å². The fraction of sp³-hybridized carbons (Fsp3) is 0.176. The van der Waals surface area contributed by atoms with Crippen molar-refractivity contribution >= 4 is 39.1 Å². The number of rotatable bonds is 4. The van der Waals surface area contributed by atoms with Gasteiger partial charge in [-0.05, 0) is 36.4 Å². The van der Waals surface area contributed by atoms with Crippen molar-refractivity contribution in [3.63, 3.8) is 0 Å². The number of thiazole rings is 1. The molecule has 0 aliphatic rings. The molecular weight excluding hydrogens is 351 g/mol. The Labute approximate surface area is 146 Å². The van der Waals surface area contributed by atoms with Crippen LogP contribution in [0.5, 0.6) is 0 Å². The Balaban J connectivity index is 2.12. The van der Waals surface area contributed by atoms with Gasteiger partial charge < -0.3 is 9.30 Å². The molecule has 0 unspecified atom stereocenters. The Morgan fingerprint density at radius 1 is 1.29 bits per heavy atom. The molecule has 1 aromatic heterocycles. The van der Waals surface area contributed by atoms with E-state index in [2.05, 4.69) is 4.99 Å². The number of carbonyl (C=O) groups excluding carboxylic acids is 1. The molecule has 1 heterocycles. The largest absolute Gasteiger partial charge is 0.383 e. The van der Waals surface area contributed by atoms with Crippen LogP contribution in [-0.2, 0) is 11.3 Å². The minimum Gasteiger partial charge on any atom is -0.383 e. The summed E-state index contributed by atoms with van der Waals surface area (Å²) in [5.41, 5.74) is 1.16. The normalized spacial score (nSPS) is 12.0. The number of fused-ring (bicyclic) bond motifs is 1. The lowest BCUT2D eigenvalue weighted by molar-refractivity contribution is 0.0997. The molecule has 0 aliphatic heterocycles. The number of hydrogen-bond donors (Lipinski definition) is 0. The van der Waals surface area contributed by atoms with E-state index in [0.29, 0.717) is 28.5 Å². The molecule has 0 radical (unpaired) electrons. The molecule has 0 bridgehead atoms. The number of para-hydroxylation sites is 1. The first kappa shape index (κ1) is 16.8. The Morgan fingerprint density at radius 2 is 2.04 bits per heavy atom.